The summed E-state index contributed by atoms with van der Waals surface area (Å²) in [6.07, 6.45) is 3.47. The van der Waals surface area contributed by atoms with E-state index < -0.39 is 24.9 Å². The number of aromatic nitrogens is 1. The van der Waals surface area contributed by atoms with Gasteiger partial charge in [0.05, 0.1) is 6.20 Å². The van der Waals surface area contributed by atoms with Crippen molar-refractivity contribution in [1.82, 2.24) is 4.98 Å². The van der Waals surface area contributed by atoms with Gasteiger partial charge in [-0.25, -0.2) is 4.79 Å². The van der Waals surface area contributed by atoms with E-state index in [0.717, 1.165) is 30.0 Å². The fourth-order valence-electron chi connectivity index (χ4n) is 1.85. The number of pyridine rings is 1. The molecule has 138 valence electrons. The summed E-state index contributed by atoms with van der Waals surface area (Å²) >= 11 is 0. The first kappa shape index (κ1) is 19.2. The van der Waals surface area contributed by atoms with Crippen LogP contribution in [0, 0.1) is 6.92 Å². The molecule has 0 fully saturated rings. The van der Waals surface area contributed by atoms with Gasteiger partial charge in [-0.15, -0.1) is 0 Å². The molecule has 0 saturated carbocycles. The maximum atomic E-state index is 12.5. The molecule has 0 amide bonds. The number of carbonyl (C=O) groups is 1. The first-order valence-corrected chi connectivity index (χ1v) is 7.19. The Morgan fingerprint density at radius 3 is 2.35 bits per heavy atom. The minimum absolute atomic E-state index is 0.0471. The maximum absolute atomic E-state index is 12.5. The maximum Gasteiger partial charge on any atom is 0.387 e. The average molecular weight is 371 g/mol. The highest BCUT2D eigenvalue weighted by Gasteiger charge is 2.12. The van der Waals surface area contributed by atoms with Crippen LogP contribution in [0.3, 0.4) is 0 Å². The van der Waals surface area contributed by atoms with Gasteiger partial charge < -0.3 is 14.2 Å². The van der Waals surface area contributed by atoms with E-state index in [4.69, 9.17) is 4.74 Å². The van der Waals surface area contributed by atoms with E-state index in [1.165, 1.54) is 18.3 Å². The number of hydrogen-bond acceptors (Lipinski definition) is 5. The van der Waals surface area contributed by atoms with E-state index in [2.05, 4.69) is 14.5 Å². The van der Waals surface area contributed by atoms with E-state index in [-0.39, 0.29) is 17.1 Å². The van der Waals surface area contributed by atoms with Crippen molar-refractivity contribution >= 4 is 12.0 Å². The van der Waals surface area contributed by atoms with Crippen LogP contribution in [0.25, 0.3) is 6.08 Å². The molecule has 0 radical (unpaired) electrons. The molecule has 1 aromatic heterocycles. The van der Waals surface area contributed by atoms with Gasteiger partial charge in [0.1, 0.15) is 17.2 Å². The monoisotopic (exact) mass is 371 g/mol. The number of halogens is 4. The summed E-state index contributed by atoms with van der Waals surface area (Å²) in [6.45, 7) is -4.54. The van der Waals surface area contributed by atoms with Gasteiger partial charge in [0, 0.05) is 23.4 Å². The summed E-state index contributed by atoms with van der Waals surface area (Å²) < 4.78 is 62.8. The van der Waals surface area contributed by atoms with E-state index in [1.807, 2.05) is 0 Å². The normalized spacial score (nSPS) is 11.2. The minimum Gasteiger partial charge on any atom is -0.435 e. The van der Waals surface area contributed by atoms with Crippen molar-refractivity contribution < 1.29 is 36.6 Å². The van der Waals surface area contributed by atoms with Crippen LogP contribution >= 0.6 is 0 Å². The van der Waals surface area contributed by atoms with Crippen LogP contribution in [0.5, 0.6) is 17.2 Å². The smallest absolute Gasteiger partial charge is 0.387 e. The number of esters is 1. The number of carbonyl (C=O) groups excluding carboxylic acids is 1. The molecule has 1 heterocycles. The van der Waals surface area contributed by atoms with Gasteiger partial charge >= 0.3 is 19.2 Å². The van der Waals surface area contributed by atoms with Crippen molar-refractivity contribution in [3.63, 3.8) is 0 Å². The number of alkyl halides is 4. The number of nitrogens with zero attached hydrogens (tertiary/aromatic N) is 1. The number of aryl methyl sites for hydroxylation is 1. The van der Waals surface area contributed by atoms with Crippen molar-refractivity contribution in [2.75, 3.05) is 0 Å². The lowest BCUT2D eigenvalue weighted by Crippen LogP contribution is -2.06. The molecule has 0 bridgehead atoms. The Morgan fingerprint density at radius 1 is 1.04 bits per heavy atom. The van der Waals surface area contributed by atoms with Crippen LogP contribution in [0.2, 0.25) is 0 Å². The van der Waals surface area contributed by atoms with Crippen molar-refractivity contribution in [3.8, 4) is 17.2 Å². The summed E-state index contributed by atoms with van der Waals surface area (Å²) in [4.78, 5) is 15.7. The Balaban J connectivity index is 2.13. The molecule has 0 aliphatic carbocycles. The second kappa shape index (κ2) is 8.84. The minimum atomic E-state index is -3.19. The summed E-state index contributed by atoms with van der Waals surface area (Å²) in [5.74, 6) is -1.37. The van der Waals surface area contributed by atoms with Crippen molar-refractivity contribution in [1.29, 1.82) is 0 Å². The summed E-state index contributed by atoms with van der Waals surface area (Å²) in [5, 5.41) is 0. The fraction of sp³-hybridized carbons (Fsp3) is 0.176. The van der Waals surface area contributed by atoms with E-state index in [9.17, 15) is 22.4 Å². The molecule has 0 unspecified atom stereocenters. The number of hydrogen-bond donors (Lipinski definition) is 0. The Bertz CT molecular complexity index is 779. The summed E-state index contributed by atoms with van der Waals surface area (Å²) in [7, 11) is 0. The highest BCUT2D eigenvalue weighted by molar-refractivity contribution is 5.89. The summed E-state index contributed by atoms with van der Waals surface area (Å²) in [6, 6.07) is 6.36. The highest BCUT2D eigenvalue weighted by atomic mass is 19.3. The second-order valence-electron chi connectivity index (χ2n) is 4.85. The molecule has 0 atom stereocenters. The molecule has 0 aliphatic heterocycles. The number of benzene rings is 1. The van der Waals surface area contributed by atoms with Gasteiger partial charge in [0.25, 0.3) is 0 Å². The first-order valence-electron chi connectivity index (χ1n) is 7.19. The van der Waals surface area contributed by atoms with Crippen molar-refractivity contribution in [2.24, 2.45) is 0 Å². The predicted octanol–water partition coefficient (Wildman–Crippen LogP) is 4.21. The standard InChI is InChI=1S/C17H13F4NO4/c1-10-2-5-13(9-22-10)24-15(23)7-4-11-3-6-12(25-16(18)19)8-14(11)26-17(20)21/h2-9,16-17H,1H3/b7-4+. The molecule has 5 nitrogen and oxygen atoms in total. The molecule has 2 rings (SSSR count). The van der Waals surface area contributed by atoms with Crippen LogP contribution in [0.1, 0.15) is 11.3 Å². The largest absolute Gasteiger partial charge is 0.435 e. The van der Waals surface area contributed by atoms with Crippen LogP contribution in [0.4, 0.5) is 17.6 Å². The van der Waals surface area contributed by atoms with Gasteiger partial charge in [-0.05, 0) is 37.3 Å². The number of rotatable bonds is 7. The molecule has 0 N–H and O–H groups in total. The van der Waals surface area contributed by atoms with Gasteiger partial charge in [0.2, 0.25) is 0 Å². The summed E-state index contributed by atoms with van der Waals surface area (Å²) in [5.41, 5.74) is 0.783. The molecule has 26 heavy (non-hydrogen) atoms. The van der Waals surface area contributed by atoms with E-state index in [1.54, 1.807) is 13.0 Å². The molecule has 0 saturated heterocycles. The van der Waals surface area contributed by atoms with Gasteiger partial charge in [-0.1, -0.05) is 0 Å². The highest BCUT2D eigenvalue weighted by Crippen LogP contribution is 2.28. The second-order valence-corrected chi connectivity index (χ2v) is 4.85. The van der Waals surface area contributed by atoms with Crippen LogP contribution in [-0.4, -0.2) is 24.2 Å². The van der Waals surface area contributed by atoms with E-state index in [0.29, 0.717) is 0 Å². The lowest BCUT2D eigenvalue weighted by molar-refractivity contribution is -0.128. The molecule has 9 heteroatoms. The third-order valence-corrected chi connectivity index (χ3v) is 2.93. The Hall–Kier alpha value is -3.10. The van der Waals surface area contributed by atoms with Gasteiger partial charge in [-0.2, -0.15) is 17.6 Å². The Morgan fingerprint density at radius 2 is 1.73 bits per heavy atom. The van der Waals surface area contributed by atoms with E-state index >= 15 is 0 Å². The zero-order valence-electron chi connectivity index (χ0n) is 13.4. The fourth-order valence-corrected chi connectivity index (χ4v) is 1.85. The molecule has 0 spiro atoms. The third kappa shape index (κ3) is 6.08. The zero-order valence-corrected chi connectivity index (χ0v) is 13.4. The lowest BCUT2D eigenvalue weighted by atomic mass is 10.1. The van der Waals surface area contributed by atoms with Crippen LogP contribution < -0.4 is 14.2 Å². The lowest BCUT2D eigenvalue weighted by Gasteiger charge is -2.11. The predicted molar refractivity (Wildman–Crippen MR) is 83.3 cm³/mol. The molecule has 1 aromatic carbocycles. The van der Waals surface area contributed by atoms with Crippen molar-refractivity contribution in [3.05, 3.63) is 53.9 Å². The third-order valence-electron chi connectivity index (χ3n) is 2.93. The molecule has 0 aliphatic rings. The van der Waals surface area contributed by atoms with Crippen LogP contribution in [-0.2, 0) is 4.79 Å². The van der Waals surface area contributed by atoms with Gasteiger partial charge in [0.15, 0.2) is 0 Å². The molecule has 2 aromatic rings. The number of ether oxygens (including phenoxy) is 3. The topological polar surface area (TPSA) is 57.7 Å². The van der Waals surface area contributed by atoms with Crippen molar-refractivity contribution in [2.45, 2.75) is 20.1 Å². The first-order chi connectivity index (χ1) is 12.3. The quantitative estimate of drug-likeness (QED) is 0.415. The average Bonchev–Trinajstić information content (AvgIpc) is 2.55. The Labute approximate surface area is 145 Å². The SMILES string of the molecule is Cc1ccc(OC(=O)/C=C/c2ccc(OC(F)F)cc2OC(F)F)cn1. The Kier molecular flexibility index (Phi) is 6.54. The molecular weight excluding hydrogens is 358 g/mol. The zero-order chi connectivity index (χ0) is 19.1. The molecular formula is C17H13F4NO4. The van der Waals surface area contributed by atoms with Gasteiger partial charge in [-0.3, -0.25) is 4.98 Å². The van der Waals surface area contributed by atoms with Crippen LogP contribution in [0.15, 0.2) is 42.6 Å².